The van der Waals surface area contributed by atoms with E-state index in [9.17, 15) is 4.39 Å². The number of ether oxygens (including phenoxy) is 2. The van der Waals surface area contributed by atoms with Crippen molar-refractivity contribution in [1.29, 1.82) is 0 Å². The third-order valence-electron chi connectivity index (χ3n) is 3.32. The summed E-state index contributed by atoms with van der Waals surface area (Å²) in [5, 5.41) is 3.87. The molecule has 0 aliphatic rings. The second-order valence-electron chi connectivity index (χ2n) is 4.81. The third-order valence-corrected chi connectivity index (χ3v) is 3.32. The maximum Gasteiger partial charge on any atom is 0.167 e. The number of benzene rings is 2. The predicted octanol–water partition coefficient (Wildman–Crippen LogP) is 3.27. The number of hydrogen-bond acceptors (Lipinski definition) is 5. The van der Waals surface area contributed by atoms with Gasteiger partial charge in [0.15, 0.2) is 11.6 Å². The van der Waals surface area contributed by atoms with Gasteiger partial charge in [0.05, 0.1) is 19.2 Å². The van der Waals surface area contributed by atoms with Crippen molar-refractivity contribution in [3.63, 3.8) is 0 Å². The molecule has 118 valence electrons. The van der Waals surface area contributed by atoms with Gasteiger partial charge in [0.1, 0.15) is 24.5 Å². The topological polar surface area (TPSA) is 56.3 Å². The van der Waals surface area contributed by atoms with Crippen LogP contribution < -0.4 is 14.8 Å². The first kappa shape index (κ1) is 15.0. The first-order chi connectivity index (χ1) is 11.3. The van der Waals surface area contributed by atoms with Gasteiger partial charge in [-0.2, -0.15) is 0 Å². The molecule has 0 fully saturated rings. The van der Waals surface area contributed by atoms with E-state index < -0.39 is 5.82 Å². The van der Waals surface area contributed by atoms with Gasteiger partial charge in [-0.3, -0.25) is 0 Å². The van der Waals surface area contributed by atoms with Crippen LogP contribution in [0.1, 0.15) is 0 Å². The smallest absolute Gasteiger partial charge is 0.167 e. The molecule has 0 bridgehead atoms. The second kappa shape index (κ2) is 6.91. The Morgan fingerprint density at radius 2 is 1.96 bits per heavy atom. The molecule has 0 saturated carbocycles. The summed E-state index contributed by atoms with van der Waals surface area (Å²) in [5.41, 5.74) is 0.518. The van der Waals surface area contributed by atoms with Crippen LogP contribution in [0.2, 0.25) is 0 Å². The molecular weight excluding hydrogens is 297 g/mol. The number of nitrogens with zero attached hydrogens (tertiary/aromatic N) is 2. The molecule has 0 spiro atoms. The summed E-state index contributed by atoms with van der Waals surface area (Å²) in [6.07, 6.45) is 1.40. The molecule has 0 amide bonds. The molecule has 0 aliphatic carbocycles. The molecule has 0 aliphatic heterocycles. The fourth-order valence-corrected chi connectivity index (χ4v) is 2.21. The minimum Gasteiger partial charge on any atom is -0.494 e. The molecule has 3 rings (SSSR count). The second-order valence-corrected chi connectivity index (χ2v) is 4.81. The molecule has 0 atom stereocenters. The summed E-state index contributed by atoms with van der Waals surface area (Å²) in [7, 11) is 1.43. The van der Waals surface area contributed by atoms with Crippen LogP contribution >= 0.6 is 0 Å². The van der Waals surface area contributed by atoms with E-state index in [4.69, 9.17) is 9.47 Å². The van der Waals surface area contributed by atoms with Crippen molar-refractivity contribution in [2.45, 2.75) is 0 Å². The summed E-state index contributed by atoms with van der Waals surface area (Å²) >= 11 is 0. The zero-order valence-corrected chi connectivity index (χ0v) is 12.6. The number of anilines is 1. The number of para-hydroxylation sites is 1. The number of rotatable bonds is 6. The highest BCUT2D eigenvalue weighted by molar-refractivity contribution is 5.90. The molecule has 0 radical (unpaired) electrons. The Morgan fingerprint density at radius 1 is 1.13 bits per heavy atom. The Balaban J connectivity index is 1.70. The van der Waals surface area contributed by atoms with Crippen LogP contribution in [-0.4, -0.2) is 30.2 Å². The molecular formula is C17H16FN3O2. The van der Waals surface area contributed by atoms with E-state index in [-0.39, 0.29) is 5.75 Å². The Kier molecular flexibility index (Phi) is 4.52. The molecule has 2 aromatic carbocycles. The van der Waals surface area contributed by atoms with E-state index in [1.807, 2.05) is 30.3 Å². The van der Waals surface area contributed by atoms with Crippen LogP contribution in [0.25, 0.3) is 10.9 Å². The zero-order chi connectivity index (χ0) is 16.1. The van der Waals surface area contributed by atoms with Crippen molar-refractivity contribution < 1.29 is 13.9 Å². The molecule has 1 heterocycles. The zero-order valence-electron chi connectivity index (χ0n) is 12.6. The minimum absolute atomic E-state index is 0.163. The third kappa shape index (κ3) is 3.48. The highest BCUT2D eigenvalue weighted by atomic mass is 19.1. The Morgan fingerprint density at radius 3 is 2.74 bits per heavy atom. The number of hydrogen-bond donors (Lipinski definition) is 1. The van der Waals surface area contributed by atoms with Crippen LogP contribution in [0.15, 0.2) is 48.8 Å². The lowest BCUT2D eigenvalue weighted by Crippen LogP contribution is -2.12. The van der Waals surface area contributed by atoms with Crippen LogP contribution in [0.4, 0.5) is 10.2 Å². The lowest BCUT2D eigenvalue weighted by molar-refractivity contribution is 0.333. The predicted molar refractivity (Wildman–Crippen MR) is 86.5 cm³/mol. The largest absolute Gasteiger partial charge is 0.494 e. The maximum absolute atomic E-state index is 13.7. The van der Waals surface area contributed by atoms with Gasteiger partial charge in [-0.05, 0) is 18.2 Å². The van der Waals surface area contributed by atoms with Gasteiger partial charge in [0, 0.05) is 11.5 Å². The highest BCUT2D eigenvalue weighted by Gasteiger charge is 2.09. The monoisotopic (exact) mass is 313 g/mol. The van der Waals surface area contributed by atoms with E-state index in [0.29, 0.717) is 29.9 Å². The van der Waals surface area contributed by atoms with E-state index in [0.717, 1.165) is 5.75 Å². The first-order valence-corrected chi connectivity index (χ1v) is 7.18. The fourth-order valence-electron chi connectivity index (χ4n) is 2.21. The van der Waals surface area contributed by atoms with Gasteiger partial charge in [-0.15, -0.1) is 0 Å². The standard InChI is InChI=1S/C17H16FN3O2/c1-22-16-9-13-15(10-14(16)18)20-11-21-17(13)19-7-8-23-12-5-3-2-4-6-12/h2-6,9-11H,7-8H2,1H3,(H,19,20,21). The lowest BCUT2D eigenvalue weighted by atomic mass is 10.2. The Bertz CT molecular complexity index is 796. The Labute approximate surface area is 133 Å². The number of fused-ring (bicyclic) bond motifs is 1. The molecule has 1 aromatic heterocycles. The van der Waals surface area contributed by atoms with Crippen LogP contribution in [0.3, 0.4) is 0 Å². The molecule has 0 unspecified atom stereocenters. The number of halogens is 1. The van der Waals surface area contributed by atoms with Gasteiger partial charge in [-0.1, -0.05) is 18.2 Å². The molecule has 3 aromatic rings. The number of nitrogens with one attached hydrogen (secondary N) is 1. The van der Waals surface area contributed by atoms with E-state index in [2.05, 4.69) is 15.3 Å². The van der Waals surface area contributed by atoms with Crippen molar-refractivity contribution in [2.75, 3.05) is 25.6 Å². The van der Waals surface area contributed by atoms with Crippen molar-refractivity contribution in [2.24, 2.45) is 0 Å². The van der Waals surface area contributed by atoms with Gasteiger partial charge in [0.2, 0.25) is 0 Å². The molecule has 0 saturated heterocycles. The molecule has 23 heavy (non-hydrogen) atoms. The maximum atomic E-state index is 13.7. The number of aromatic nitrogens is 2. The van der Waals surface area contributed by atoms with Crippen molar-refractivity contribution >= 4 is 16.7 Å². The van der Waals surface area contributed by atoms with Crippen LogP contribution in [-0.2, 0) is 0 Å². The minimum atomic E-state index is -0.447. The van der Waals surface area contributed by atoms with E-state index in [1.54, 1.807) is 6.07 Å². The van der Waals surface area contributed by atoms with E-state index >= 15 is 0 Å². The van der Waals surface area contributed by atoms with Gasteiger partial charge in [-0.25, -0.2) is 14.4 Å². The summed E-state index contributed by atoms with van der Waals surface area (Å²) in [5.74, 6) is 1.14. The number of methoxy groups -OCH3 is 1. The Hall–Kier alpha value is -2.89. The normalized spacial score (nSPS) is 10.5. The molecule has 1 N–H and O–H groups in total. The van der Waals surface area contributed by atoms with Crippen molar-refractivity contribution in [3.05, 3.63) is 54.6 Å². The quantitative estimate of drug-likeness (QED) is 0.708. The summed E-state index contributed by atoms with van der Waals surface area (Å²) in [6.45, 7) is 1.04. The van der Waals surface area contributed by atoms with Crippen LogP contribution in [0.5, 0.6) is 11.5 Å². The van der Waals surface area contributed by atoms with Gasteiger partial charge >= 0.3 is 0 Å². The summed E-state index contributed by atoms with van der Waals surface area (Å²) < 4.78 is 24.3. The first-order valence-electron chi connectivity index (χ1n) is 7.18. The molecule has 6 heteroatoms. The average Bonchev–Trinajstić information content (AvgIpc) is 2.59. The highest BCUT2D eigenvalue weighted by Crippen LogP contribution is 2.27. The van der Waals surface area contributed by atoms with E-state index in [1.165, 1.54) is 19.5 Å². The van der Waals surface area contributed by atoms with Gasteiger partial charge < -0.3 is 14.8 Å². The SMILES string of the molecule is COc1cc2c(NCCOc3ccccc3)ncnc2cc1F. The lowest BCUT2D eigenvalue weighted by Gasteiger charge is -2.11. The van der Waals surface area contributed by atoms with Crippen molar-refractivity contribution in [1.82, 2.24) is 9.97 Å². The fraction of sp³-hybridized carbons (Fsp3) is 0.176. The van der Waals surface area contributed by atoms with Gasteiger partial charge in [0.25, 0.3) is 0 Å². The van der Waals surface area contributed by atoms with Crippen LogP contribution in [0, 0.1) is 5.82 Å². The molecule has 5 nitrogen and oxygen atoms in total. The van der Waals surface area contributed by atoms with Crippen molar-refractivity contribution in [3.8, 4) is 11.5 Å². The summed E-state index contributed by atoms with van der Waals surface area (Å²) in [4.78, 5) is 8.28. The average molecular weight is 313 g/mol. The summed E-state index contributed by atoms with van der Waals surface area (Å²) in [6, 6.07) is 12.5.